The fourth-order valence-corrected chi connectivity index (χ4v) is 2.76. The van der Waals surface area contributed by atoms with Gasteiger partial charge in [-0.1, -0.05) is 41.6 Å². The minimum absolute atomic E-state index is 0.622. The van der Waals surface area contributed by atoms with Crippen molar-refractivity contribution in [3.63, 3.8) is 0 Å². The molecule has 0 radical (unpaired) electrons. The van der Waals surface area contributed by atoms with E-state index in [0.29, 0.717) is 5.89 Å². The van der Waals surface area contributed by atoms with Crippen molar-refractivity contribution in [3.05, 3.63) is 72.2 Å². The largest absolute Gasteiger partial charge is 0.445 e. The summed E-state index contributed by atoms with van der Waals surface area (Å²) in [5.74, 6) is 1.44. The van der Waals surface area contributed by atoms with Gasteiger partial charge >= 0.3 is 0 Å². The van der Waals surface area contributed by atoms with Crippen molar-refractivity contribution in [1.82, 2.24) is 10.1 Å². The third-order valence-electron chi connectivity index (χ3n) is 4.20. The Hall–Kier alpha value is -3.14. The molecule has 118 valence electrons. The quantitative estimate of drug-likeness (QED) is 0.516. The molecule has 0 fully saturated rings. The first-order valence-electron chi connectivity index (χ1n) is 7.76. The van der Waals surface area contributed by atoms with E-state index < -0.39 is 0 Å². The van der Waals surface area contributed by atoms with Gasteiger partial charge < -0.3 is 8.94 Å². The molecule has 0 aliphatic heterocycles. The Labute approximate surface area is 139 Å². The van der Waals surface area contributed by atoms with E-state index in [2.05, 4.69) is 34.4 Å². The summed E-state index contributed by atoms with van der Waals surface area (Å²) in [6.45, 7) is 3.99. The third kappa shape index (κ3) is 2.42. The van der Waals surface area contributed by atoms with E-state index in [9.17, 15) is 0 Å². The molecule has 0 amide bonds. The van der Waals surface area contributed by atoms with Crippen LogP contribution in [0.2, 0.25) is 0 Å². The molecule has 4 rings (SSSR count). The van der Waals surface area contributed by atoms with E-state index in [1.807, 2.05) is 38.1 Å². The maximum absolute atomic E-state index is 5.55. The van der Waals surface area contributed by atoms with Gasteiger partial charge in [0.2, 0.25) is 5.89 Å². The molecule has 0 unspecified atom stereocenters. The fourth-order valence-electron chi connectivity index (χ4n) is 2.76. The summed E-state index contributed by atoms with van der Waals surface area (Å²) in [6.07, 6.45) is 3.22. The Morgan fingerprint density at radius 1 is 0.833 bits per heavy atom. The van der Waals surface area contributed by atoms with Gasteiger partial charge in [0.25, 0.3) is 0 Å². The molecule has 0 saturated carbocycles. The highest BCUT2D eigenvalue weighted by atomic mass is 16.5. The lowest BCUT2D eigenvalue weighted by Crippen LogP contribution is -1.86. The van der Waals surface area contributed by atoms with Crippen molar-refractivity contribution in [2.75, 3.05) is 0 Å². The van der Waals surface area contributed by atoms with Crippen LogP contribution in [0.15, 0.2) is 69.9 Å². The number of hydrogen-bond donors (Lipinski definition) is 0. The molecule has 24 heavy (non-hydrogen) atoms. The molecule has 0 N–H and O–H groups in total. The van der Waals surface area contributed by atoms with Crippen molar-refractivity contribution in [3.8, 4) is 33.9 Å². The summed E-state index contributed by atoms with van der Waals surface area (Å²) in [4.78, 5) is 4.18. The average molecular weight is 316 g/mol. The fraction of sp³-hybridized carbons (Fsp3) is 0.100. The predicted molar refractivity (Wildman–Crippen MR) is 92.3 cm³/mol. The van der Waals surface area contributed by atoms with Crippen molar-refractivity contribution in [2.24, 2.45) is 0 Å². The Bertz CT molecular complexity index is 967. The number of benzene rings is 2. The lowest BCUT2D eigenvalue weighted by atomic mass is 9.95. The summed E-state index contributed by atoms with van der Waals surface area (Å²) >= 11 is 0. The van der Waals surface area contributed by atoms with Crippen LogP contribution in [0.25, 0.3) is 33.9 Å². The first-order valence-corrected chi connectivity index (χ1v) is 7.76. The number of oxazole rings is 1. The van der Waals surface area contributed by atoms with E-state index in [-0.39, 0.29) is 0 Å². The Balaban J connectivity index is 1.79. The predicted octanol–water partition coefficient (Wildman–Crippen LogP) is 5.28. The average Bonchev–Trinajstić information content (AvgIpc) is 3.27. The molecule has 2 aromatic carbocycles. The second kappa shape index (κ2) is 5.81. The number of nitrogens with zero attached hydrogens (tertiary/aromatic N) is 2. The van der Waals surface area contributed by atoms with Gasteiger partial charge in [0.15, 0.2) is 5.76 Å². The molecule has 2 heterocycles. The second-order valence-corrected chi connectivity index (χ2v) is 5.68. The van der Waals surface area contributed by atoms with Gasteiger partial charge in [0.05, 0.1) is 11.9 Å². The summed E-state index contributed by atoms with van der Waals surface area (Å²) in [5.41, 5.74) is 6.19. The SMILES string of the molecule is Cc1noc(-c2ccccc2-c2ccc(-c3ncco3)cc2)c1C. The Morgan fingerprint density at radius 2 is 1.54 bits per heavy atom. The summed E-state index contributed by atoms with van der Waals surface area (Å²) in [5, 5.41) is 4.08. The highest BCUT2D eigenvalue weighted by Gasteiger charge is 2.15. The van der Waals surface area contributed by atoms with Crippen LogP contribution in [0.5, 0.6) is 0 Å². The van der Waals surface area contributed by atoms with Crippen LogP contribution in [0.4, 0.5) is 0 Å². The van der Waals surface area contributed by atoms with Crippen LogP contribution in [0.3, 0.4) is 0 Å². The van der Waals surface area contributed by atoms with Crippen LogP contribution in [0.1, 0.15) is 11.3 Å². The smallest absolute Gasteiger partial charge is 0.225 e. The zero-order chi connectivity index (χ0) is 16.5. The van der Waals surface area contributed by atoms with Crippen LogP contribution < -0.4 is 0 Å². The van der Waals surface area contributed by atoms with Crippen molar-refractivity contribution >= 4 is 0 Å². The first-order chi connectivity index (χ1) is 11.7. The van der Waals surface area contributed by atoms with Gasteiger partial charge in [-0.2, -0.15) is 0 Å². The van der Waals surface area contributed by atoms with Crippen LogP contribution in [-0.4, -0.2) is 10.1 Å². The molecular formula is C20H16N2O2. The number of aromatic nitrogens is 2. The molecule has 4 aromatic rings. The lowest BCUT2D eigenvalue weighted by molar-refractivity contribution is 0.427. The van der Waals surface area contributed by atoms with Gasteiger partial charge in [-0.15, -0.1) is 0 Å². The Kier molecular flexibility index (Phi) is 3.50. The summed E-state index contributed by atoms with van der Waals surface area (Å²) in [6, 6.07) is 16.3. The number of rotatable bonds is 3. The van der Waals surface area contributed by atoms with Crippen molar-refractivity contribution < 1.29 is 8.94 Å². The van der Waals surface area contributed by atoms with Gasteiger partial charge in [-0.3, -0.25) is 0 Å². The molecule has 4 heteroatoms. The zero-order valence-electron chi connectivity index (χ0n) is 13.5. The van der Waals surface area contributed by atoms with Crippen LogP contribution in [-0.2, 0) is 0 Å². The van der Waals surface area contributed by atoms with Gasteiger partial charge in [0, 0.05) is 16.7 Å². The number of aryl methyl sites for hydroxylation is 1. The first kappa shape index (κ1) is 14.5. The van der Waals surface area contributed by atoms with E-state index in [4.69, 9.17) is 8.94 Å². The lowest BCUT2D eigenvalue weighted by Gasteiger charge is -2.08. The molecule has 0 bridgehead atoms. The summed E-state index contributed by atoms with van der Waals surface area (Å²) in [7, 11) is 0. The van der Waals surface area contributed by atoms with Crippen molar-refractivity contribution in [1.29, 1.82) is 0 Å². The molecule has 0 spiro atoms. The molecular weight excluding hydrogens is 300 g/mol. The van der Waals surface area contributed by atoms with E-state index >= 15 is 0 Å². The molecule has 0 atom stereocenters. The van der Waals surface area contributed by atoms with Crippen LogP contribution >= 0.6 is 0 Å². The molecule has 0 aliphatic carbocycles. The second-order valence-electron chi connectivity index (χ2n) is 5.68. The molecule has 2 aromatic heterocycles. The number of hydrogen-bond acceptors (Lipinski definition) is 4. The minimum Gasteiger partial charge on any atom is -0.445 e. The standard InChI is InChI=1S/C20H16N2O2/c1-13-14(2)22-24-19(13)18-6-4-3-5-17(18)15-7-9-16(10-8-15)20-21-11-12-23-20/h3-12H,1-2H3. The van der Waals surface area contributed by atoms with E-state index in [1.54, 1.807) is 12.5 Å². The maximum atomic E-state index is 5.55. The maximum Gasteiger partial charge on any atom is 0.225 e. The normalized spacial score (nSPS) is 10.9. The zero-order valence-corrected chi connectivity index (χ0v) is 13.5. The molecule has 4 nitrogen and oxygen atoms in total. The van der Waals surface area contributed by atoms with Crippen LogP contribution in [0, 0.1) is 13.8 Å². The summed E-state index contributed by atoms with van der Waals surface area (Å²) < 4.78 is 10.9. The van der Waals surface area contributed by atoms with E-state index in [0.717, 1.165) is 39.3 Å². The van der Waals surface area contributed by atoms with E-state index in [1.165, 1.54) is 0 Å². The molecule has 0 saturated heterocycles. The third-order valence-corrected chi connectivity index (χ3v) is 4.20. The minimum atomic E-state index is 0.622. The highest BCUT2D eigenvalue weighted by Crippen LogP contribution is 2.35. The topological polar surface area (TPSA) is 52.1 Å². The van der Waals surface area contributed by atoms with Gasteiger partial charge in [0.1, 0.15) is 6.26 Å². The highest BCUT2D eigenvalue weighted by molar-refractivity contribution is 5.83. The monoisotopic (exact) mass is 316 g/mol. The Morgan fingerprint density at radius 3 is 2.17 bits per heavy atom. The van der Waals surface area contributed by atoms with Crippen molar-refractivity contribution in [2.45, 2.75) is 13.8 Å². The van der Waals surface area contributed by atoms with Gasteiger partial charge in [-0.25, -0.2) is 4.98 Å². The van der Waals surface area contributed by atoms with Gasteiger partial charge in [-0.05, 0) is 37.1 Å². The molecule has 0 aliphatic rings.